The van der Waals surface area contributed by atoms with Gasteiger partial charge >= 0.3 is 0 Å². The molecular weight excluding hydrogens is 396 g/mol. The van der Waals surface area contributed by atoms with Crippen LogP contribution in [0.5, 0.6) is 0 Å². The average Bonchev–Trinajstić information content (AvgIpc) is 3.22. The Morgan fingerprint density at radius 2 is 2.00 bits per heavy atom. The SMILES string of the molecule is CN1CCN(C(=O)CC2CCNCC2Cc2cc(CSc3ccccc3)on2)CC1. The normalized spacial score (nSPS) is 22.9. The highest BCUT2D eigenvalue weighted by Gasteiger charge is 2.30. The second-order valence-electron chi connectivity index (χ2n) is 8.49. The lowest BCUT2D eigenvalue weighted by molar-refractivity contribution is -0.134. The van der Waals surface area contributed by atoms with E-state index in [1.165, 1.54) is 4.90 Å². The highest BCUT2D eigenvalue weighted by Crippen LogP contribution is 2.28. The Labute approximate surface area is 183 Å². The van der Waals surface area contributed by atoms with Gasteiger partial charge in [0.25, 0.3) is 0 Å². The molecule has 1 aromatic carbocycles. The molecule has 2 fully saturated rings. The van der Waals surface area contributed by atoms with Crippen molar-refractivity contribution >= 4 is 17.7 Å². The fourth-order valence-electron chi connectivity index (χ4n) is 4.35. The number of hydrogen-bond donors (Lipinski definition) is 1. The number of piperazine rings is 1. The van der Waals surface area contributed by atoms with Gasteiger partial charge in [0, 0.05) is 43.6 Å². The first-order chi connectivity index (χ1) is 14.7. The van der Waals surface area contributed by atoms with Gasteiger partial charge < -0.3 is 19.6 Å². The maximum Gasteiger partial charge on any atom is 0.222 e. The quantitative estimate of drug-likeness (QED) is 0.685. The van der Waals surface area contributed by atoms with E-state index in [9.17, 15) is 4.79 Å². The molecule has 1 aromatic heterocycles. The van der Waals surface area contributed by atoms with Crippen molar-refractivity contribution in [3.05, 3.63) is 47.9 Å². The lowest BCUT2D eigenvalue weighted by Gasteiger charge is -2.36. The van der Waals surface area contributed by atoms with Crippen molar-refractivity contribution in [2.75, 3.05) is 46.3 Å². The summed E-state index contributed by atoms with van der Waals surface area (Å²) in [5.74, 6) is 2.85. The largest absolute Gasteiger partial charge is 0.360 e. The van der Waals surface area contributed by atoms with Crippen molar-refractivity contribution in [3.8, 4) is 0 Å². The van der Waals surface area contributed by atoms with Gasteiger partial charge in [0.1, 0.15) is 5.76 Å². The van der Waals surface area contributed by atoms with E-state index in [2.05, 4.69) is 40.6 Å². The number of carbonyl (C=O) groups is 1. The van der Waals surface area contributed by atoms with Gasteiger partial charge in [-0.25, -0.2) is 0 Å². The standard InChI is InChI=1S/C23H32N4O2S/c1-26-9-11-27(12-10-26)23(28)14-18-7-8-24-16-19(18)13-20-15-21(29-25-20)17-30-22-5-3-2-4-6-22/h2-6,15,18-19,24H,7-14,16-17H2,1H3. The van der Waals surface area contributed by atoms with Crippen molar-refractivity contribution < 1.29 is 9.32 Å². The molecular formula is C23H32N4O2S. The van der Waals surface area contributed by atoms with Crippen LogP contribution in [0.4, 0.5) is 0 Å². The zero-order valence-corrected chi connectivity index (χ0v) is 18.6. The second kappa shape index (κ2) is 10.5. The summed E-state index contributed by atoms with van der Waals surface area (Å²) in [6, 6.07) is 12.4. The van der Waals surface area contributed by atoms with Crippen LogP contribution in [0.3, 0.4) is 0 Å². The molecule has 2 unspecified atom stereocenters. The van der Waals surface area contributed by atoms with Crippen LogP contribution in [-0.4, -0.2) is 67.2 Å². The second-order valence-corrected chi connectivity index (χ2v) is 9.54. The number of piperidine rings is 1. The third-order valence-corrected chi connectivity index (χ3v) is 7.30. The van der Waals surface area contributed by atoms with Gasteiger partial charge in [-0.1, -0.05) is 23.4 Å². The molecule has 2 aliphatic heterocycles. The minimum Gasteiger partial charge on any atom is -0.360 e. The van der Waals surface area contributed by atoms with Gasteiger partial charge in [-0.2, -0.15) is 0 Å². The molecule has 2 saturated heterocycles. The number of amides is 1. The Hall–Kier alpha value is -1.83. The average molecular weight is 429 g/mol. The van der Waals surface area contributed by atoms with E-state index in [0.717, 1.165) is 69.3 Å². The minimum atomic E-state index is 0.320. The number of carbonyl (C=O) groups excluding carboxylic acids is 1. The van der Waals surface area contributed by atoms with E-state index in [4.69, 9.17) is 4.52 Å². The monoisotopic (exact) mass is 428 g/mol. The van der Waals surface area contributed by atoms with Crippen molar-refractivity contribution in [2.24, 2.45) is 11.8 Å². The molecule has 3 heterocycles. The van der Waals surface area contributed by atoms with Crippen LogP contribution in [0, 0.1) is 11.8 Å². The van der Waals surface area contributed by atoms with Gasteiger partial charge in [0.05, 0.1) is 11.4 Å². The van der Waals surface area contributed by atoms with Gasteiger partial charge in [-0.3, -0.25) is 4.79 Å². The first kappa shape index (κ1) is 21.4. The lowest BCUT2D eigenvalue weighted by Crippen LogP contribution is -2.48. The third kappa shape index (κ3) is 5.86. The van der Waals surface area contributed by atoms with Crippen molar-refractivity contribution in [1.82, 2.24) is 20.3 Å². The number of nitrogens with zero attached hydrogens (tertiary/aromatic N) is 3. The predicted molar refractivity (Wildman–Crippen MR) is 119 cm³/mol. The van der Waals surface area contributed by atoms with Gasteiger partial charge in [-0.05, 0) is 56.9 Å². The molecule has 7 heteroatoms. The van der Waals surface area contributed by atoms with Crippen molar-refractivity contribution in [3.63, 3.8) is 0 Å². The van der Waals surface area contributed by atoms with Crippen molar-refractivity contribution in [1.29, 1.82) is 0 Å². The molecule has 0 aliphatic carbocycles. The van der Waals surface area contributed by atoms with Crippen LogP contribution in [0.2, 0.25) is 0 Å². The van der Waals surface area contributed by atoms with E-state index in [0.29, 0.717) is 24.2 Å². The van der Waals surface area contributed by atoms with Crippen LogP contribution in [0.25, 0.3) is 0 Å². The molecule has 1 amide bonds. The van der Waals surface area contributed by atoms with Crippen LogP contribution < -0.4 is 5.32 Å². The number of aromatic nitrogens is 1. The molecule has 30 heavy (non-hydrogen) atoms. The summed E-state index contributed by atoms with van der Waals surface area (Å²) < 4.78 is 5.58. The smallest absolute Gasteiger partial charge is 0.222 e. The molecule has 6 nitrogen and oxygen atoms in total. The Morgan fingerprint density at radius 1 is 1.20 bits per heavy atom. The van der Waals surface area contributed by atoms with E-state index >= 15 is 0 Å². The molecule has 2 aliphatic rings. The fourth-order valence-corrected chi connectivity index (χ4v) is 5.15. The minimum absolute atomic E-state index is 0.320. The molecule has 162 valence electrons. The molecule has 2 atom stereocenters. The van der Waals surface area contributed by atoms with E-state index in [1.807, 2.05) is 23.1 Å². The highest BCUT2D eigenvalue weighted by molar-refractivity contribution is 7.98. The Balaban J connectivity index is 1.30. The number of thioether (sulfide) groups is 1. The zero-order valence-electron chi connectivity index (χ0n) is 17.8. The summed E-state index contributed by atoms with van der Waals surface area (Å²) in [6.45, 7) is 5.61. The fraction of sp³-hybridized carbons (Fsp3) is 0.565. The van der Waals surface area contributed by atoms with Gasteiger partial charge in [-0.15, -0.1) is 11.8 Å². The van der Waals surface area contributed by atoms with Crippen LogP contribution in [0.15, 0.2) is 45.8 Å². The number of nitrogens with one attached hydrogen (secondary N) is 1. The maximum atomic E-state index is 12.8. The van der Waals surface area contributed by atoms with Crippen molar-refractivity contribution in [2.45, 2.75) is 29.9 Å². The van der Waals surface area contributed by atoms with E-state index in [1.54, 1.807) is 11.8 Å². The number of benzene rings is 1. The Bertz CT molecular complexity index is 805. The molecule has 2 aromatic rings. The van der Waals surface area contributed by atoms with E-state index < -0.39 is 0 Å². The third-order valence-electron chi connectivity index (χ3n) is 6.26. The summed E-state index contributed by atoms with van der Waals surface area (Å²) >= 11 is 1.76. The summed E-state index contributed by atoms with van der Waals surface area (Å²) in [7, 11) is 2.12. The first-order valence-corrected chi connectivity index (χ1v) is 12.0. The van der Waals surface area contributed by atoms with Crippen LogP contribution in [0.1, 0.15) is 24.3 Å². The number of rotatable bonds is 7. The lowest BCUT2D eigenvalue weighted by atomic mass is 9.81. The molecule has 0 saturated carbocycles. The van der Waals surface area contributed by atoms with Crippen LogP contribution in [-0.2, 0) is 17.0 Å². The van der Waals surface area contributed by atoms with Gasteiger partial charge in [0.2, 0.25) is 5.91 Å². The predicted octanol–water partition coefficient (Wildman–Crippen LogP) is 2.90. The number of likely N-dealkylation sites (N-methyl/N-ethyl adjacent to an activating group) is 1. The summed E-state index contributed by atoms with van der Waals surface area (Å²) in [4.78, 5) is 18.4. The maximum absolute atomic E-state index is 12.8. The zero-order chi connectivity index (χ0) is 20.8. The molecule has 0 radical (unpaired) electrons. The molecule has 0 spiro atoms. The number of hydrogen-bond acceptors (Lipinski definition) is 6. The topological polar surface area (TPSA) is 61.6 Å². The highest BCUT2D eigenvalue weighted by atomic mass is 32.2. The summed E-state index contributed by atoms with van der Waals surface area (Å²) in [5.41, 5.74) is 1.00. The summed E-state index contributed by atoms with van der Waals surface area (Å²) in [6.07, 6.45) is 2.58. The van der Waals surface area contributed by atoms with Gasteiger partial charge in [0.15, 0.2) is 0 Å². The Morgan fingerprint density at radius 3 is 2.80 bits per heavy atom. The molecule has 0 bridgehead atoms. The molecule has 4 rings (SSSR count). The first-order valence-electron chi connectivity index (χ1n) is 11.0. The van der Waals surface area contributed by atoms with E-state index in [-0.39, 0.29) is 0 Å². The van der Waals surface area contributed by atoms with Crippen LogP contribution >= 0.6 is 11.8 Å². The summed E-state index contributed by atoms with van der Waals surface area (Å²) in [5, 5.41) is 7.82. The Kier molecular flexibility index (Phi) is 7.47. The molecule has 1 N–H and O–H groups in total.